The van der Waals surface area contributed by atoms with Gasteiger partial charge in [-0.3, -0.25) is 4.79 Å². The summed E-state index contributed by atoms with van der Waals surface area (Å²) >= 11 is 0. The normalized spacial score (nSPS) is 11.0. The highest BCUT2D eigenvalue weighted by atomic mass is 28.1. The Morgan fingerprint density at radius 3 is 2.57 bits per heavy atom. The molecule has 0 saturated carbocycles. The van der Waals surface area contributed by atoms with Crippen LogP contribution in [0, 0.1) is 11.6 Å². The summed E-state index contributed by atoms with van der Waals surface area (Å²) in [5.41, 5.74) is 1.10. The van der Waals surface area contributed by atoms with Gasteiger partial charge in [0.25, 0.3) is 5.56 Å². The Hall–Kier alpha value is -3.39. The van der Waals surface area contributed by atoms with Crippen molar-refractivity contribution in [3.05, 3.63) is 76.8 Å². The van der Waals surface area contributed by atoms with Gasteiger partial charge < -0.3 is 9.30 Å². The van der Waals surface area contributed by atoms with E-state index in [4.69, 9.17) is 4.74 Å². The molecule has 2 heterocycles. The van der Waals surface area contributed by atoms with Gasteiger partial charge >= 0.3 is 0 Å². The van der Waals surface area contributed by atoms with Gasteiger partial charge in [0.1, 0.15) is 21.8 Å². The number of fused-ring (bicyclic) bond motifs is 1. The van der Waals surface area contributed by atoms with Crippen molar-refractivity contribution < 1.29 is 13.5 Å². The molecule has 4 rings (SSSR count). The molecule has 137 valence electrons. The zero-order valence-corrected chi connectivity index (χ0v) is 15.6. The van der Waals surface area contributed by atoms with Gasteiger partial charge in [-0.1, -0.05) is 18.2 Å². The lowest BCUT2D eigenvalue weighted by molar-refractivity contribution is 0.436. The molecule has 2 aromatic heterocycles. The van der Waals surface area contributed by atoms with Crippen molar-refractivity contribution >= 4 is 26.5 Å². The average molecular weight is 392 g/mol. The summed E-state index contributed by atoms with van der Waals surface area (Å²) in [4.78, 5) is 20.8. The van der Waals surface area contributed by atoms with Gasteiger partial charge in [-0.25, -0.2) is 18.7 Å². The predicted octanol–water partition coefficient (Wildman–Crippen LogP) is 2.86. The highest BCUT2D eigenvalue weighted by molar-refractivity contribution is 6.29. The molecule has 0 aliphatic heterocycles. The molecule has 0 amide bonds. The maximum absolute atomic E-state index is 14.1. The summed E-state index contributed by atoms with van der Waals surface area (Å²) in [5.74, 6) is -1.56. The number of hydrogen-bond donors (Lipinski definition) is 0. The average Bonchev–Trinajstić information content (AvgIpc) is 2.68. The van der Waals surface area contributed by atoms with Crippen LogP contribution in [0.4, 0.5) is 8.78 Å². The third-order valence-corrected chi connectivity index (χ3v) is 4.46. The summed E-state index contributed by atoms with van der Waals surface area (Å²) in [7, 11) is 4.92. The fourth-order valence-electron chi connectivity index (χ4n) is 2.92. The zero-order valence-electron chi connectivity index (χ0n) is 14.6. The quantitative estimate of drug-likeness (QED) is 0.503. The maximum Gasteiger partial charge on any atom is 0.258 e. The Morgan fingerprint density at radius 1 is 1.07 bits per heavy atom. The second-order valence-corrected chi connectivity index (χ2v) is 6.53. The topological polar surface area (TPSA) is 57.0 Å². The SMILES string of the molecule is Cn1cc(-c2nc([Si])ncc2Oc2ccc(F)cc2F)c2ccccc2c1=O. The van der Waals surface area contributed by atoms with Gasteiger partial charge in [-0.05, 0) is 23.6 Å². The minimum atomic E-state index is -0.848. The van der Waals surface area contributed by atoms with Crippen LogP contribution in [-0.2, 0) is 7.05 Å². The fraction of sp³-hybridized carbons (Fsp3) is 0.0500. The minimum Gasteiger partial charge on any atom is -0.450 e. The number of pyridine rings is 1. The predicted molar refractivity (Wildman–Crippen MR) is 102 cm³/mol. The van der Waals surface area contributed by atoms with E-state index in [1.807, 2.05) is 0 Å². The van der Waals surface area contributed by atoms with E-state index in [2.05, 4.69) is 20.2 Å². The molecule has 0 saturated heterocycles. The smallest absolute Gasteiger partial charge is 0.258 e. The first-order valence-electron chi connectivity index (χ1n) is 8.24. The molecule has 3 radical (unpaired) electrons. The number of nitrogens with zero attached hydrogens (tertiary/aromatic N) is 3. The van der Waals surface area contributed by atoms with Gasteiger partial charge in [0.05, 0.1) is 11.6 Å². The molecule has 8 heteroatoms. The molecule has 0 aliphatic rings. The Balaban J connectivity index is 1.94. The molecule has 0 N–H and O–H groups in total. The van der Waals surface area contributed by atoms with Crippen LogP contribution in [0.1, 0.15) is 0 Å². The summed E-state index contributed by atoms with van der Waals surface area (Å²) in [6.07, 6.45) is 3.01. The van der Waals surface area contributed by atoms with Gasteiger partial charge in [-0.2, -0.15) is 0 Å². The van der Waals surface area contributed by atoms with E-state index < -0.39 is 11.6 Å². The summed E-state index contributed by atoms with van der Waals surface area (Å²) in [5, 5.41) is 1.18. The number of hydrogen-bond acceptors (Lipinski definition) is 4. The van der Waals surface area contributed by atoms with E-state index >= 15 is 0 Å². The fourth-order valence-corrected chi connectivity index (χ4v) is 3.10. The van der Waals surface area contributed by atoms with Gasteiger partial charge in [0, 0.05) is 30.3 Å². The van der Waals surface area contributed by atoms with Crippen molar-refractivity contribution in [3.8, 4) is 22.8 Å². The maximum atomic E-state index is 14.1. The van der Waals surface area contributed by atoms with E-state index in [0.29, 0.717) is 27.5 Å². The summed E-state index contributed by atoms with van der Waals surface area (Å²) in [6.45, 7) is 0. The lowest BCUT2D eigenvalue weighted by Gasteiger charge is -2.14. The Labute approximate surface area is 161 Å². The largest absolute Gasteiger partial charge is 0.450 e. The van der Waals surface area contributed by atoms with Crippen molar-refractivity contribution in [3.63, 3.8) is 0 Å². The van der Waals surface area contributed by atoms with E-state index in [1.54, 1.807) is 37.5 Å². The van der Waals surface area contributed by atoms with Crippen LogP contribution in [0.3, 0.4) is 0 Å². The molecule has 5 nitrogen and oxygen atoms in total. The van der Waals surface area contributed by atoms with Crippen molar-refractivity contribution in [1.29, 1.82) is 0 Å². The summed E-state index contributed by atoms with van der Waals surface area (Å²) in [6, 6.07) is 10.1. The molecule has 28 heavy (non-hydrogen) atoms. The molecule has 0 fully saturated rings. The Kier molecular flexibility index (Phi) is 4.48. The third-order valence-electron chi connectivity index (χ3n) is 4.21. The van der Waals surface area contributed by atoms with Crippen LogP contribution in [0.15, 0.2) is 59.7 Å². The van der Waals surface area contributed by atoms with E-state index in [1.165, 1.54) is 16.8 Å². The van der Waals surface area contributed by atoms with Crippen molar-refractivity contribution in [1.82, 2.24) is 14.5 Å². The van der Waals surface area contributed by atoms with Crippen LogP contribution in [-0.4, -0.2) is 24.8 Å². The molecule has 0 atom stereocenters. The number of aryl methyl sites for hydroxylation is 1. The van der Waals surface area contributed by atoms with E-state index in [9.17, 15) is 13.6 Å². The van der Waals surface area contributed by atoms with Crippen molar-refractivity contribution in [2.75, 3.05) is 0 Å². The molecule has 2 aromatic carbocycles. The Bertz CT molecular complexity index is 1270. The van der Waals surface area contributed by atoms with Crippen LogP contribution in [0.25, 0.3) is 22.0 Å². The first-order chi connectivity index (χ1) is 13.4. The number of rotatable bonds is 3. The molecule has 0 aliphatic carbocycles. The van der Waals surface area contributed by atoms with Gasteiger partial charge in [0.2, 0.25) is 0 Å². The lowest BCUT2D eigenvalue weighted by Crippen LogP contribution is -2.18. The first-order valence-corrected chi connectivity index (χ1v) is 8.74. The van der Waals surface area contributed by atoms with Gasteiger partial charge in [-0.15, -0.1) is 0 Å². The molecule has 0 bridgehead atoms. The second kappa shape index (κ2) is 6.97. The number of ether oxygens (including phenoxy) is 1. The first kappa shape index (κ1) is 18.0. The molecular formula is C20H12F2N3O2Si. The molecule has 4 aromatic rings. The van der Waals surface area contributed by atoms with Crippen molar-refractivity contribution in [2.45, 2.75) is 0 Å². The third kappa shape index (κ3) is 3.18. The highest BCUT2D eigenvalue weighted by Gasteiger charge is 2.17. The van der Waals surface area contributed by atoms with Gasteiger partial charge in [0.15, 0.2) is 17.3 Å². The number of aromatic nitrogens is 3. The standard InChI is InChI=1S/C20H12F2N3O2Si/c1-25-10-14(12-4-2-3-5-13(12)19(25)26)18-17(9-23-20(28)24-18)27-16-7-6-11(21)8-15(16)22/h2-10H,1H3. The molecule has 0 spiro atoms. The monoisotopic (exact) mass is 392 g/mol. The number of benzene rings is 2. The number of halogens is 2. The minimum absolute atomic E-state index is 0.154. The van der Waals surface area contributed by atoms with Crippen molar-refractivity contribution in [2.24, 2.45) is 7.05 Å². The Morgan fingerprint density at radius 2 is 1.82 bits per heavy atom. The zero-order chi connectivity index (χ0) is 19.8. The van der Waals surface area contributed by atoms with Crippen LogP contribution >= 0.6 is 0 Å². The highest BCUT2D eigenvalue weighted by Crippen LogP contribution is 2.34. The van der Waals surface area contributed by atoms with E-state index in [0.717, 1.165) is 12.1 Å². The molecule has 0 unspecified atom stereocenters. The second-order valence-electron chi connectivity index (χ2n) is 6.09. The van der Waals surface area contributed by atoms with Crippen LogP contribution in [0.2, 0.25) is 0 Å². The lowest BCUT2D eigenvalue weighted by atomic mass is 10.0. The summed E-state index contributed by atoms with van der Waals surface area (Å²) < 4.78 is 34.3. The van der Waals surface area contributed by atoms with Crippen LogP contribution < -0.4 is 15.7 Å². The van der Waals surface area contributed by atoms with Crippen LogP contribution in [0.5, 0.6) is 11.5 Å². The van der Waals surface area contributed by atoms with E-state index in [-0.39, 0.29) is 17.1 Å². The molecular weight excluding hydrogens is 380 g/mol.